The second-order valence-electron chi connectivity index (χ2n) is 20.6. The molecule has 2 saturated heterocycles. The predicted molar refractivity (Wildman–Crippen MR) is 319 cm³/mol. The fourth-order valence-corrected chi connectivity index (χ4v) is 10.7. The Morgan fingerprint density at radius 2 is 1.04 bits per heavy atom. The molecular weight excluding hydrogens is 1230 g/mol. The van der Waals surface area contributed by atoms with Crippen molar-refractivity contribution in [3.63, 3.8) is 0 Å². The number of anilines is 2. The number of likely N-dealkylation sites (tertiary alicyclic amines) is 2. The van der Waals surface area contributed by atoms with Crippen LogP contribution in [0.5, 0.6) is 34.5 Å². The molecule has 2 saturated carbocycles. The lowest BCUT2D eigenvalue weighted by Gasteiger charge is -2.33. The molecule has 4 aliphatic heterocycles. The first kappa shape index (κ1) is 54.4. The van der Waals surface area contributed by atoms with Crippen molar-refractivity contribution in [2.24, 2.45) is 11.8 Å². The van der Waals surface area contributed by atoms with Crippen LogP contribution < -0.4 is 34.3 Å². The Bertz CT molecular complexity index is 3620. The molecule has 0 bridgehead atoms. The number of piperidine rings is 2. The number of halogens is 3. The van der Waals surface area contributed by atoms with Crippen molar-refractivity contribution in [1.29, 1.82) is 0 Å². The maximum Gasteiger partial charge on any atom is 0.369 e. The lowest BCUT2D eigenvalue weighted by atomic mass is 10.1. The molecule has 4 aromatic carbocycles. The van der Waals surface area contributed by atoms with Gasteiger partial charge >= 0.3 is 3.18 Å². The van der Waals surface area contributed by atoms with Gasteiger partial charge < -0.3 is 49.2 Å². The van der Waals surface area contributed by atoms with Crippen LogP contribution in [0.3, 0.4) is 0 Å². The number of carbonyl (C=O) groups is 2. The molecule has 3 N–H and O–H groups in total. The van der Waals surface area contributed by atoms with Crippen LogP contribution in [0.2, 0.25) is 0 Å². The first-order chi connectivity index (χ1) is 39.5. The van der Waals surface area contributed by atoms with E-state index in [2.05, 4.69) is 67.9 Å². The second kappa shape index (κ2) is 24.1. The van der Waals surface area contributed by atoms with Gasteiger partial charge in [0.25, 0.3) is 0 Å². The topological polar surface area (TPSA) is 218 Å². The lowest BCUT2D eigenvalue weighted by Crippen LogP contribution is -2.45. The van der Waals surface area contributed by atoms with Crippen LogP contribution in [-0.4, -0.2) is 141 Å². The molecule has 4 fully saturated rings. The highest BCUT2D eigenvalue weighted by atomic mass is 79.9. The zero-order valence-electron chi connectivity index (χ0n) is 44.3. The summed E-state index contributed by atoms with van der Waals surface area (Å²) in [7, 11) is 1.65. The molecule has 81 heavy (non-hydrogen) atoms. The van der Waals surface area contributed by atoms with Crippen molar-refractivity contribution in [2.75, 3.05) is 70.3 Å². The van der Waals surface area contributed by atoms with Gasteiger partial charge in [0.2, 0.25) is 23.7 Å². The number of nitrogens with zero attached hydrogens (tertiary/aromatic N) is 10. The van der Waals surface area contributed by atoms with E-state index in [4.69, 9.17) is 43.6 Å². The SMILES string of the molecule is BrB(Br)Br.COc1ccc2c(c1)nc(-c1ccc3c(c1)OCCO3)n2-c1ccnc(N[C@H]2CCCN(C(=O)C3CC3)C2)n1.O=C(C1CC1)N1CCC[C@H](Nc2nccc(-n3c(-c4ccc5c(c4)OCCO5)nc4cc(O)ccc43)n2)C1. The number of ether oxygens (including phenoxy) is 5. The molecule has 0 unspecified atom stereocenters. The number of aromatic hydroxyl groups is 1. The molecule has 0 spiro atoms. The highest BCUT2D eigenvalue weighted by molar-refractivity contribution is 9.69. The highest BCUT2D eigenvalue weighted by Crippen LogP contribution is 2.40. The van der Waals surface area contributed by atoms with Crippen LogP contribution in [0.4, 0.5) is 11.9 Å². The molecule has 8 aromatic rings. The lowest BCUT2D eigenvalue weighted by molar-refractivity contribution is -0.134. The molecule has 24 heteroatoms. The van der Waals surface area contributed by atoms with E-state index in [9.17, 15) is 14.7 Å². The maximum atomic E-state index is 12.6. The number of hydrogen-bond acceptors (Lipinski definition) is 16. The quantitative estimate of drug-likeness (QED) is 0.103. The number of imidazole rings is 2. The molecule has 2 atom stereocenters. The van der Waals surface area contributed by atoms with Crippen molar-refractivity contribution in [3.8, 4) is 68.9 Å². The fourth-order valence-electron chi connectivity index (χ4n) is 10.7. The Morgan fingerprint density at radius 1 is 0.580 bits per heavy atom. The van der Waals surface area contributed by atoms with Gasteiger partial charge in [0.1, 0.15) is 61.2 Å². The third-order valence-electron chi connectivity index (χ3n) is 14.8. The van der Waals surface area contributed by atoms with Gasteiger partial charge in [-0.15, -0.1) is 47.3 Å². The Morgan fingerprint density at radius 3 is 1.51 bits per heavy atom. The first-order valence-corrected chi connectivity index (χ1v) is 30.0. The number of hydrogen-bond donors (Lipinski definition) is 3. The van der Waals surface area contributed by atoms with Gasteiger partial charge in [-0.25, -0.2) is 19.9 Å². The van der Waals surface area contributed by atoms with Crippen LogP contribution in [0.25, 0.3) is 56.5 Å². The van der Waals surface area contributed by atoms with E-state index in [0.29, 0.717) is 97.5 Å². The summed E-state index contributed by atoms with van der Waals surface area (Å²) in [6.45, 7) is 5.06. The molecule has 2 aliphatic carbocycles. The minimum atomic E-state index is 0.0930. The molecule has 418 valence electrons. The Kier molecular flexibility index (Phi) is 16.2. The Balaban J connectivity index is 0.000000151. The van der Waals surface area contributed by atoms with Gasteiger partial charge in [-0.2, -0.15) is 9.97 Å². The number of rotatable bonds is 11. The Labute approximate surface area is 492 Å². The standard InChI is InChI=1S/C29H30N6O4.C28H28N6O4.BBr3/c1-37-21-7-8-23-22(16-21)32-27(19-6-9-24-25(15-19)39-14-13-38-24)35(23)26-10-11-30-29(33-26)31-20-3-2-12-34(17-20)28(36)18-4-5-18;35-20-6-7-22-21(15-20)31-26(18-5-8-23-24(14-18)38-13-12-37-23)34(22)25-9-10-29-28(32-25)30-19-2-1-11-33(16-19)27(36)17-3-4-17;2-1(3)4/h6-11,15-16,18,20H,2-5,12-14,17H2,1H3,(H,30,31,33);5-10,14-15,17,19,35H,1-4,11-13,16H2,(H,29,30,32);/t20-;19-;/m00./s1. The van der Waals surface area contributed by atoms with Gasteiger partial charge in [-0.1, -0.05) is 0 Å². The van der Waals surface area contributed by atoms with Crippen molar-refractivity contribution < 1.29 is 38.4 Å². The average Bonchev–Trinajstić information content (AvgIpc) is 4.58. The van der Waals surface area contributed by atoms with Crippen LogP contribution >= 0.6 is 47.3 Å². The van der Waals surface area contributed by atoms with Gasteiger partial charge in [0, 0.05) is 85.8 Å². The van der Waals surface area contributed by atoms with E-state index in [1.165, 1.54) is 0 Å². The smallest absolute Gasteiger partial charge is 0.369 e. The number of nitrogens with one attached hydrogen (secondary N) is 2. The molecular formula is C57H58BBr3N12O8. The van der Waals surface area contributed by atoms with E-state index in [-0.39, 0.29) is 38.8 Å². The number of aromatic nitrogens is 8. The van der Waals surface area contributed by atoms with E-state index >= 15 is 0 Å². The van der Waals surface area contributed by atoms with Gasteiger partial charge in [-0.3, -0.25) is 18.7 Å². The molecule has 0 radical (unpaired) electrons. The molecule has 8 heterocycles. The Hall–Kier alpha value is -7.18. The largest absolute Gasteiger partial charge is 0.508 e. The van der Waals surface area contributed by atoms with Crippen LogP contribution in [0.15, 0.2) is 97.3 Å². The molecule has 4 aromatic heterocycles. The maximum absolute atomic E-state index is 12.6. The van der Waals surface area contributed by atoms with Crippen LogP contribution in [-0.2, 0) is 9.59 Å². The number of phenols is 1. The highest BCUT2D eigenvalue weighted by Gasteiger charge is 2.37. The molecule has 2 amide bonds. The predicted octanol–water partition coefficient (Wildman–Crippen LogP) is 10.0. The molecule has 14 rings (SSSR count). The molecule has 20 nitrogen and oxygen atoms in total. The number of fused-ring (bicyclic) bond motifs is 4. The summed E-state index contributed by atoms with van der Waals surface area (Å²) < 4.78 is 32.8. The summed E-state index contributed by atoms with van der Waals surface area (Å²) in [6, 6.07) is 26.4. The van der Waals surface area contributed by atoms with Crippen LogP contribution in [0.1, 0.15) is 51.4 Å². The third kappa shape index (κ3) is 12.5. The van der Waals surface area contributed by atoms with Gasteiger partial charge in [0.15, 0.2) is 23.0 Å². The van der Waals surface area contributed by atoms with Crippen LogP contribution in [0, 0.1) is 11.8 Å². The third-order valence-corrected chi connectivity index (χ3v) is 14.8. The minimum absolute atomic E-state index is 0.0930. The zero-order valence-corrected chi connectivity index (χ0v) is 49.1. The van der Waals surface area contributed by atoms with Gasteiger partial charge in [0.05, 0.1) is 29.2 Å². The van der Waals surface area contributed by atoms with Crippen molar-refractivity contribution in [3.05, 3.63) is 97.3 Å². The number of methoxy groups -OCH3 is 1. The summed E-state index contributed by atoms with van der Waals surface area (Å²) >= 11 is 9.31. The summed E-state index contributed by atoms with van der Waals surface area (Å²) in [5.41, 5.74) is 4.84. The number of amides is 2. The summed E-state index contributed by atoms with van der Waals surface area (Å²) in [5.74, 6) is 8.44. The normalized spacial score (nSPS) is 18.2. The van der Waals surface area contributed by atoms with Crippen molar-refractivity contribution in [1.82, 2.24) is 48.8 Å². The van der Waals surface area contributed by atoms with Crippen molar-refractivity contribution >= 4 is 96.2 Å². The van der Waals surface area contributed by atoms with E-state index in [1.54, 1.807) is 31.6 Å². The minimum Gasteiger partial charge on any atom is -0.508 e. The number of carbonyl (C=O) groups excluding carboxylic acids is 2. The average molecular weight is 1290 g/mol. The van der Waals surface area contributed by atoms with E-state index < -0.39 is 0 Å². The van der Waals surface area contributed by atoms with Crippen molar-refractivity contribution in [2.45, 2.75) is 63.5 Å². The summed E-state index contributed by atoms with van der Waals surface area (Å²) in [6.07, 6.45) is 11.4. The second-order valence-corrected chi connectivity index (χ2v) is 27.0. The fraction of sp³-hybridized carbons (Fsp3) is 0.368. The van der Waals surface area contributed by atoms with E-state index in [1.807, 2.05) is 91.7 Å². The first-order valence-electron chi connectivity index (χ1n) is 27.3. The van der Waals surface area contributed by atoms with Gasteiger partial charge in [-0.05, 0) is 124 Å². The number of benzene rings is 4. The monoisotopic (exact) mass is 1290 g/mol. The summed E-state index contributed by atoms with van der Waals surface area (Å²) in [4.78, 5) is 57.8. The number of phenolic OH excluding ortho intramolecular Hbond substituents is 1. The van der Waals surface area contributed by atoms with E-state index in [0.717, 1.165) is 109 Å². The molecule has 6 aliphatic rings. The summed E-state index contributed by atoms with van der Waals surface area (Å²) in [5, 5.41) is 17.1. The zero-order chi connectivity index (χ0) is 55.6.